The highest BCUT2D eigenvalue weighted by molar-refractivity contribution is 6.05. The molecule has 2 aromatic rings. The van der Waals surface area contributed by atoms with Gasteiger partial charge in [0, 0.05) is 29.7 Å². The molecule has 102 valence electrons. The Hall–Kier alpha value is -1.81. The van der Waals surface area contributed by atoms with Gasteiger partial charge in [0.1, 0.15) is 0 Å². The molecule has 1 aromatic carbocycles. The van der Waals surface area contributed by atoms with E-state index < -0.39 is 5.97 Å². The van der Waals surface area contributed by atoms with E-state index in [1.165, 1.54) is 0 Å². The molecule has 0 amide bonds. The zero-order chi connectivity index (χ0) is 14.0. The summed E-state index contributed by atoms with van der Waals surface area (Å²) in [5.41, 5.74) is 3.49. The molecule has 0 bridgehead atoms. The summed E-state index contributed by atoms with van der Waals surface area (Å²) in [4.78, 5) is 11.4. The number of aliphatic hydroxyl groups excluding tert-OH is 1. The second-order valence-electron chi connectivity index (χ2n) is 4.65. The van der Waals surface area contributed by atoms with E-state index in [9.17, 15) is 9.90 Å². The molecule has 19 heavy (non-hydrogen) atoms. The average Bonchev–Trinajstić information content (AvgIpc) is 2.67. The maximum Gasteiger partial charge on any atom is 0.336 e. The van der Waals surface area contributed by atoms with Crippen LogP contribution in [0.1, 0.15) is 35.0 Å². The summed E-state index contributed by atoms with van der Waals surface area (Å²) < 4.78 is 2.11. The van der Waals surface area contributed by atoms with Crippen molar-refractivity contribution in [3.63, 3.8) is 0 Å². The number of aryl methyl sites for hydroxylation is 2. The van der Waals surface area contributed by atoms with Gasteiger partial charge < -0.3 is 14.8 Å². The second kappa shape index (κ2) is 5.45. The Labute approximate surface area is 112 Å². The summed E-state index contributed by atoms with van der Waals surface area (Å²) in [6.45, 7) is 4.90. The first kappa shape index (κ1) is 13.6. The summed E-state index contributed by atoms with van der Waals surface area (Å²) in [6, 6.07) is 5.38. The zero-order valence-electron chi connectivity index (χ0n) is 11.3. The van der Waals surface area contributed by atoms with Crippen LogP contribution in [-0.2, 0) is 13.0 Å². The first-order chi connectivity index (χ1) is 9.11. The van der Waals surface area contributed by atoms with Crippen LogP contribution in [0.4, 0.5) is 0 Å². The molecule has 4 nitrogen and oxygen atoms in total. The number of rotatable bonds is 5. The monoisotopic (exact) mass is 261 g/mol. The Morgan fingerprint density at radius 3 is 2.68 bits per heavy atom. The SMILES string of the molecule is CCc1c(C)n(CCCO)c2cccc(C(=O)O)c12. The number of carboxylic acid groups (broad SMARTS) is 1. The number of aromatic carboxylic acids is 1. The van der Waals surface area contributed by atoms with E-state index in [1.807, 2.05) is 19.9 Å². The molecule has 0 fully saturated rings. The molecule has 0 saturated heterocycles. The van der Waals surface area contributed by atoms with Crippen molar-refractivity contribution in [2.45, 2.75) is 33.2 Å². The zero-order valence-corrected chi connectivity index (χ0v) is 11.3. The van der Waals surface area contributed by atoms with Crippen LogP contribution in [0.3, 0.4) is 0 Å². The van der Waals surface area contributed by atoms with Gasteiger partial charge in [-0.1, -0.05) is 13.0 Å². The molecule has 1 heterocycles. The van der Waals surface area contributed by atoms with E-state index in [1.54, 1.807) is 12.1 Å². The summed E-state index contributed by atoms with van der Waals surface area (Å²) in [7, 11) is 0. The fourth-order valence-corrected chi connectivity index (χ4v) is 2.73. The molecule has 0 radical (unpaired) electrons. The molecule has 0 atom stereocenters. The number of hydrogen-bond acceptors (Lipinski definition) is 2. The van der Waals surface area contributed by atoms with Crippen LogP contribution in [0.15, 0.2) is 18.2 Å². The van der Waals surface area contributed by atoms with Crippen LogP contribution in [-0.4, -0.2) is 27.4 Å². The van der Waals surface area contributed by atoms with Crippen LogP contribution in [0.5, 0.6) is 0 Å². The molecular weight excluding hydrogens is 242 g/mol. The summed E-state index contributed by atoms with van der Waals surface area (Å²) in [5, 5.41) is 19.2. The van der Waals surface area contributed by atoms with E-state index in [-0.39, 0.29) is 6.61 Å². The number of hydrogen-bond donors (Lipinski definition) is 2. The van der Waals surface area contributed by atoms with Crippen LogP contribution in [0.2, 0.25) is 0 Å². The van der Waals surface area contributed by atoms with Crippen LogP contribution in [0, 0.1) is 6.92 Å². The largest absolute Gasteiger partial charge is 0.478 e. The van der Waals surface area contributed by atoms with Crippen molar-refractivity contribution in [1.29, 1.82) is 0 Å². The lowest BCUT2D eigenvalue weighted by Gasteiger charge is -2.07. The van der Waals surface area contributed by atoms with Gasteiger partial charge in [-0.2, -0.15) is 0 Å². The minimum Gasteiger partial charge on any atom is -0.478 e. The van der Waals surface area contributed by atoms with Crippen LogP contribution in [0.25, 0.3) is 10.9 Å². The lowest BCUT2D eigenvalue weighted by Crippen LogP contribution is -2.02. The predicted octanol–water partition coefficient (Wildman–Crippen LogP) is 2.59. The minimum atomic E-state index is -0.889. The third-order valence-corrected chi connectivity index (χ3v) is 3.60. The Bertz CT molecular complexity index is 613. The maximum atomic E-state index is 11.4. The molecule has 0 aliphatic carbocycles. The average molecular weight is 261 g/mol. The fraction of sp³-hybridized carbons (Fsp3) is 0.400. The molecule has 1 aromatic heterocycles. The van der Waals surface area contributed by atoms with Crippen molar-refractivity contribution in [1.82, 2.24) is 4.57 Å². The summed E-state index contributed by atoms with van der Waals surface area (Å²) in [5.74, 6) is -0.889. The molecule has 0 unspecified atom stereocenters. The number of benzene rings is 1. The molecule has 0 aliphatic rings. The van der Waals surface area contributed by atoms with Crippen molar-refractivity contribution < 1.29 is 15.0 Å². The normalized spacial score (nSPS) is 11.1. The summed E-state index contributed by atoms with van der Waals surface area (Å²) >= 11 is 0. The molecule has 0 saturated carbocycles. The summed E-state index contributed by atoms with van der Waals surface area (Å²) in [6.07, 6.45) is 1.48. The van der Waals surface area contributed by atoms with Crippen molar-refractivity contribution in [3.05, 3.63) is 35.0 Å². The topological polar surface area (TPSA) is 62.5 Å². The molecule has 0 aliphatic heterocycles. The standard InChI is InChI=1S/C15H19NO3/c1-3-11-10(2)16(8-5-9-17)13-7-4-6-12(14(11)13)15(18)19/h4,6-7,17H,3,5,8-9H2,1-2H3,(H,18,19). The molecule has 2 N–H and O–H groups in total. The third kappa shape index (κ3) is 2.24. The van der Waals surface area contributed by atoms with Crippen LogP contribution >= 0.6 is 0 Å². The van der Waals surface area contributed by atoms with Gasteiger partial charge in [0.2, 0.25) is 0 Å². The quantitative estimate of drug-likeness (QED) is 0.869. The van der Waals surface area contributed by atoms with E-state index >= 15 is 0 Å². The van der Waals surface area contributed by atoms with E-state index in [0.717, 1.165) is 28.6 Å². The first-order valence-corrected chi connectivity index (χ1v) is 6.56. The number of carboxylic acids is 1. The number of carbonyl (C=O) groups is 1. The fourth-order valence-electron chi connectivity index (χ4n) is 2.73. The van der Waals surface area contributed by atoms with Gasteiger partial charge in [0.15, 0.2) is 0 Å². The molecule has 2 rings (SSSR count). The second-order valence-corrected chi connectivity index (χ2v) is 4.65. The highest BCUT2D eigenvalue weighted by Gasteiger charge is 2.18. The van der Waals surface area contributed by atoms with Crippen LogP contribution < -0.4 is 0 Å². The Kier molecular flexibility index (Phi) is 3.90. The van der Waals surface area contributed by atoms with Gasteiger partial charge >= 0.3 is 5.97 Å². The Morgan fingerprint density at radius 2 is 2.11 bits per heavy atom. The molecular formula is C15H19NO3. The maximum absolute atomic E-state index is 11.4. The van der Waals surface area contributed by atoms with Gasteiger partial charge in [-0.05, 0) is 37.5 Å². The lowest BCUT2D eigenvalue weighted by atomic mass is 10.0. The van der Waals surface area contributed by atoms with Crippen molar-refractivity contribution >= 4 is 16.9 Å². The minimum absolute atomic E-state index is 0.138. The lowest BCUT2D eigenvalue weighted by molar-refractivity contribution is 0.0699. The highest BCUT2D eigenvalue weighted by atomic mass is 16.4. The Morgan fingerprint density at radius 1 is 1.37 bits per heavy atom. The van der Waals surface area contributed by atoms with Gasteiger partial charge in [-0.3, -0.25) is 0 Å². The van der Waals surface area contributed by atoms with Crippen molar-refractivity contribution in [2.24, 2.45) is 0 Å². The van der Waals surface area contributed by atoms with Crippen molar-refractivity contribution in [2.75, 3.05) is 6.61 Å². The van der Waals surface area contributed by atoms with E-state index in [0.29, 0.717) is 18.5 Å². The van der Waals surface area contributed by atoms with Gasteiger partial charge in [0.25, 0.3) is 0 Å². The number of aromatic nitrogens is 1. The Balaban J connectivity index is 2.74. The van der Waals surface area contributed by atoms with Crippen molar-refractivity contribution in [3.8, 4) is 0 Å². The van der Waals surface area contributed by atoms with E-state index in [4.69, 9.17) is 5.11 Å². The third-order valence-electron chi connectivity index (χ3n) is 3.60. The number of fused-ring (bicyclic) bond motifs is 1. The smallest absolute Gasteiger partial charge is 0.336 e. The molecule has 0 spiro atoms. The molecule has 4 heteroatoms. The predicted molar refractivity (Wildman–Crippen MR) is 74.7 cm³/mol. The number of nitrogens with zero attached hydrogens (tertiary/aromatic N) is 1. The first-order valence-electron chi connectivity index (χ1n) is 6.56. The number of aliphatic hydroxyl groups is 1. The van der Waals surface area contributed by atoms with E-state index in [2.05, 4.69) is 4.57 Å². The van der Waals surface area contributed by atoms with Gasteiger partial charge in [-0.25, -0.2) is 4.79 Å². The highest BCUT2D eigenvalue weighted by Crippen LogP contribution is 2.29. The van der Waals surface area contributed by atoms with Gasteiger partial charge in [-0.15, -0.1) is 0 Å². The van der Waals surface area contributed by atoms with Gasteiger partial charge in [0.05, 0.1) is 5.56 Å².